The van der Waals surface area contributed by atoms with Gasteiger partial charge in [-0.05, 0) is 42.3 Å². The summed E-state index contributed by atoms with van der Waals surface area (Å²) in [6.45, 7) is 4.73. The Kier molecular flexibility index (Phi) is 5.49. The lowest BCUT2D eigenvalue weighted by Gasteiger charge is -2.09. The zero-order valence-electron chi connectivity index (χ0n) is 16.3. The van der Waals surface area contributed by atoms with Crippen molar-refractivity contribution in [2.24, 2.45) is 10.9 Å². The third kappa shape index (κ3) is 4.25. The van der Waals surface area contributed by atoms with Gasteiger partial charge in [0.1, 0.15) is 5.82 Å². The van der Waals surface area contributed by atoms with E-state index in [9.17, 15) is 9.18 Å². The SMILES string of the molecule is CC(C)CNC(=O)c1ccc2c(c1)N=C(c1cccc(F)c1)c1ccccc1S2. The van der Waals surface area contributed by atoms with Crippen LogP contribution in [-0.2, 0) is 0 Å². The van der Waals surface area contributed by atoms with Crippen molar-refractivity contribution < 1.29 is 9.18 Å². The Hall–Kier alpha value is -2.92. The van der Waals surface area contributed by atoms with Gasteiger partial charge >= 0.3 is 0 Å². The molecule has 3 aromatic rings. The van der Waals surface area contributed by atoms with Crippen LogP contribution in [0.1, 0.15) is 35.3 Å². The molecule has 0 spiro atoms. The first-order valence-electron chi connectivity index (χ1n) is 9.55. The maximum Gasteiger partial charge on any atom is 0.251 e. The van der Waals surface area contributed by atoms with Gasteiger partial charge in [0.25, 0.3) is 5.91 Å². The average Bonchev–Trinajstić information content (AvgIpc) is 2.88. The number of nitrogens with zero attached hydrogens (tertiary/aromatic N) is 1. The van der Waals surface area contributed by atoms with Gasteiger partial charge in [0.2, 0.25) is 0 Å². The van der Waals surface area contributed by atoms with Crippen LogP contribution in [0.5, 0.6) is 0 Å². The summed E-state index contributed by atoms with van der Waals surface area (Å²) in [5.74, 6) is -0.0418. The molecule has 1 N–H and O–H groups in total. The van der Waals surface area contributed by atoms with Crippen LogP contribution in [0.15, 0.2) is 81.5 Å². The molecule has 1 amide bonds. The Bertz CT molecular complexity index is 1110. The molecule has 0 saturated heterocycles. The summed E-state index contributed by atoms with van der Waals surface area (Å²) in [7, 11) is 0. The molecular formula is C24H21FN2OS. The molecular weight excluding hydrogens is 383 g/mol. The van der Waals surface area contributed by atoms with Gasteiger partial charge in [0.15, 0.2) is 0 Å². The van der Waals surface area contributed by atoms with Crippen molar-refractivity contribution in [2.75, 3.05) is 6.54 Å². The molecule has 3 aromatic carbocycles. The van der Waals surface area contributed by atoms with E-state index in [1.165, 1.54) is 12.1 Å². The van der Waals surface area contributed by atoms with E-state index in [-0.39, 0.29) is 11.7 Å². The third-order valence-corrected chi connectivity index (χ3v) is 5.73. The van der Waals surface area contributed by atoms with E-state index in [1.54, 1.807) is 17.8 Å². The maximum atomic E-state index is 13.9. The topological polar surface area (TPSA) is 41.5 Å². The van der Waals surface area contributed by atoms with Gasteiger partial charge in [0.05, 0.1) is 11.4 Å². The molecule has 0 aliphatic carbocycles. The van der Waals surface area contributed by atoms with Crippen LogP contribution < -0.4 is 5.32 Å². The number of carbonyl (C=O) groups is 1. The molecule has 0 radical (unpaired) electrons. The summed E-state index contributed by atoms with van der Waals surface area (Å²) in [5.41, 5.74) is 3.64. The van der Waals surface area contributed by atoms with Crippen LogP contribution in [0.25, 0.3) is 0 Å². The van der Waals surface area contributed by atoms with Gasteiger partial charge < -0.3 is 5.32 Å². The molecule has 0 bridgehead atoms. The van der Waals surface area contributed by atoms with E-state index in [4.69, 9.17) is 4.99 Å². The molecule has 0 atom stereocenters. The summed E-state index contributed by atoms with van der Waals surface area (Å²) in [5, 5.41) is 2.94. The molecule has 5 heteroatoms. The number of benzene rings is 3. The van der Waals surface area contributed by atoms with Crippen LogP contribution in [-0.4, -0.2) is 18.2 Å². The van der Waals surface area contributed by atoms with Gasteiger partial charge in [-0.2, -0.15) is 0 Å². The highest BCUT2D eigenvalue weighted by molar-refractivity contribution is 7.99. The van der Waals surface area contributed by atoms with Crippen LogP contribution in [0, 0.1) is 11.7 Å². The van der Waals surface area contributed by atoms with E-state index in [2.05, 4.69) is 19.2 Å². The Morgan fingerprint density at radius 1 is 1.03 bits per heavy atom. The molecule has 1 aliphatic rings. The van der Waals surface area contributed by atoms with Crippen molar-refractivity contribution in [3.8, 4) is 0 Å². The van der Waals surface area contributed by atoms with E-state index >= 15 is 0 Å². The van der Waals surface area contributed by atoms with Crippen molar-refractivity contribution in [1.29, 1.82) is 0 Å². The number of nitrogens with one attached hydrogen (secondary N) is 1. The number of carbonyl (C=O) groups excluding carboxylic acids is 1. The van der Waals surface area contributed by atoms with Gasteiger partial charge in [-0.25, -0.2) is 9.38 Å². The Balaban J connectivity index is 1.81. The molecule has 146 valence electrons. The fourth-order valence-electron chi connectivity index (χ4n) is 3.14. The molecule has 1 heterocycles. The molecule has 0 saturated carbocycles. The maximum absolute atomic E-state index is 13.9. The normalized spacial score (nSPS) is 12.6. The summed E-state index contributed by atoms with van der Waals surface area (Å²) >= 11 is 1.60. The highest BCUT2D eigenvalue weighted by Gasteiger charge is 2.20. The lowest BCUT2D eigenvalue weighted by Crippen LogP contribution is -2.27. The number of hydrogen-bond donors (Lipinski definition) is 1. The van der Waals surface area contributed by atoms with Crippen molar-refractivity contribution in [2.45, 2.75) is 23.6 Å². The molecule has 0 unspecified atom stereocenters. The summed E-state index contributed by atoms with van der Waals surface area (Å²) in [6, 6.07) is 20.0. The number of halogens is 1. The van der Waals surface area contributed by atoms with Crippen molar-refractivity contribution >= 4 is 29.1 Å². The largest absolute Gasteiger partial charge is 0.352 e. The average molecular weight is 405 g/mol. The quantitative estimate of drug-likeness (QED) is 0.464. The highest BCUT2D eigenvalue weighted by atomic mass is 32.2. The first-order valence-corrected chi connectivity index (χ1v) is 10.4. The summed E-state index contributed by atoms with van der Waals surface area (Å²) in [6.07, 6.45) is 0. The minimum absolute atomic E-state index is 0.115. The Morgan fingerprint density at radius 2 is 1.86 bits per heavy atom. The smallest absolute Gasteiger partial charge is 0.251 e. The second kappa shape index (κ2) is 8.21. The zero-order chi connectivity index (χ0) is 20.4. The zero-order valence-corrected chi connectivity index (χ0v) is 17.1. The summed E-state index contributed by atoms with van der Waals surface area (Å²) < 4.78 is 13.9. The van der Waals surface area contributed by atoms with Crippen molar-refractivity contribution in [3.63, 3.8) is 0 Å². The fourth-order valence-corrected chi connectivity index (χ4v) is 4.14. The first-order chi connectivity index (χ1) is 14.0. The van der Waals surface area contributed by atoms with Crippen molar-refractivity contribution in [3.05, 3.63) is 89.2 Å². The lowest BCUT2D eigenvalue weighted by atomic mass is 10.0. The monoisotopic (exact) mass is 404 g/mol. The van der Waals surface area contributed by atoms with Crippen LogP contribution >= 0.6 is 11.8 Å². The molecule has 1 aliphatic heterocycles. The van der Waals surface area contributed by atoms with Crippen LogP contribution in [0.2, 0.25) is 0 Å². The van der Waals surface area contributed by atoms with Gasteiger partial charge in [-0.1, -0.05) is 55.9 Å². The number of hydrogen-bond acceptors (Lipinski definition) is 3. The lowest BCUT2D eigenvalue weighted by molar-refractivity contribution is 0.0949. The molecule has 0 aromatic heterocycles. The van der Waals surface area contributed by atoms with Gasteiger partial charge in [-0.3, -0.25) is 4.79 Å². The predicted octanol–water partition coefficient (Wildman–Crippen LogP) is 5.85. The standard InChI is InChI=1S/C24H21FN2OS/c1-15(2)14-26-24(28)17-10-11-22-20(13-17)27-23(16-6-5-7-18(25)12-16)19-8-3-4-9-21(19)29-22/h3-13,15H,14H2,1-2H3,(H,26,28). The van der Waals surface area contributed by atoms with E-state index in [0.717, 1.165) is 15.4 Å². The number of fused-ring (bicyclic) bond motifs is 2. The fraction of sp³-hybridized carbons (Fsp3) is 0.167. The van der Waals surface area contributed by atoms with E-state index < -0.39 is 0 Å². The molecule has 3 nitrogen and oxygen atoms in total. The van der Waals surface area contributed by atoms with Crippen LogP contribution in [0.4, 0.5) is 10.1 Å². The minimum Gasteiger partial charge on any atom is -0.352 e. The number of amides is 1. The first kappa shape index (κ1) is 19.4. The van der Waals surface area contributed by atoms with Gasteiger partial charge in [-0.15, -0.1) is 0 Å². The second-order valence-electron chi connectivity index (χ2n) is 7.36. The summed E-state index contributed by atoms with van der Waals surface area (Å²) in [4.78, 5) is 19.4. The molecule has 0 fully saturated rings. The predicted molar refractivity (Wildman–Crippen MR) is 116 cm³/mol. The van der Waals surface area contributed by atoms with Crippen molar-refractivity contribution in [1.82, 2.24) is 5.32 Å². The number of rotatable bonds is 4. The van der Waals surface area contributed by atoms with Crippen LogP contribution in [0.3, 0.4) is 0 Å². The van der Waals surface area contributed by atoms with Gasteiger partial charge in [0, 0.05) is 33.0 Å². The Labute approximate surface area is 174 Å². The molecule has 29 heavy (non-hydrogen) atoms. The number of aliphatic imine (C=N–C) groups is 1. The molecule has 4 rings (SSSR count). The second-order valence-corrected chi connectivity index (χ2v) is 8.44. The Morgan fingerprint density at radius 3 is 2.66 bits per heavy atom. The third-order valence-electron chi connectivity index (χ3n) is 4.58. The van der Waals surface area contributed by atoms with E-state index in [1.807, 2.05) is 48.5 Å². The minimum atomic E-state index is -0.304. The van der Waals surface area contributed by atoms with E-state index in [0.29, 0.717) is 35.0 Å². The highest BCUT2D eigenvalue weighted by Crippen LogP contribution is 2.41.